The molecule has 176 valence electrons. The van der Waals surface area contributed by atoms with Crippen molar-refractivity contribution in [1.82, 2.24) is 14.8 Å². The number of rotatable bonds is 6. The van der Waals surface area contributed by atoms with E-state index in [0.29, 0.717) is 18.6 Å². The Morgan fingerprint density at radius 2 is 1.74 bits per heavy atom. The maximum absolute atomic E-state index is 13.2. The first-order valence-corrected chi connectivity index (χ1v) is 11.9. The van der Waals surface area contributed by atoms with Crippen LogP contribution < -0.4 is 10.2 Å². The number of piperidine rings is 1. The molecule has 0 unspecified atom stereocenters. The van der Waals surface area contributed by atoms with Crippen molar-refractivity contribution in [3.05, 3.63) is 76.1 Å². The van der Waals surface area contributed by atoms with Gasteiger partial charge in [-0.3, -0.25) is 19.3 Å². The van der Waals surface area contributed by atoms with E-state index in [1.165, 1.54) is 0 Å². The molecule has 2 saturated heterocycles. The molecule has 0 saturated carbocycles. The van der Waals surface area contributed by atoms with Gasteiger partial charge in [-0.15, -0.1) is 0 Å². The van der Waals surface area contributed by atoms with Gasteiger partial charge in [0.05, 0.1) is 25.2 Å². The number of carbonyl (C=O) groups is 2. The van der Waals surface area contributed by atoms with Gasteiger partial charge in [-0.2, -0.15) is 0 Å². The molecule has 0 radical (unpaired) electrons. The van der Waals surface area contributed by atoms with Crippen LogP contribution in [0.4, 0.5) is 0 Å². The molecule has 1 atom stereocenters. The third kappa shape index (κ3) is 4.35. The topological polar surface area (TPSA) is 82.7 Å². The summed E-state index contributed by atoms with van der Waals surface area (Å²) in [6.07, 6.45) is 2.32. The summed E-state index contributed by atoms with van der Waals surface area (Å²) >= 11 is 0. The Labute approximate surface area is 198 Å². The molecular weight excluding hydrogens is 430 g/mol. The highest BCUT2D eigenvalue weighted by molar-refractivity contribution is 5.98. The van der Waals surface area contributed by atoms with Crippen LogP contribution in [0.2, 0.25) is 0 Å². The third-order valence-corrected chi connectivity index (χ3v) is 7.13. The monoisotopic (exact) mass is 459 g/mol. The Hall–Kier alpha value is -3.45. The molecule has 2 aliphatic rings. The molecule has 5 rings (SSSR count). The SMILES string of the molecule is COc1ccc(C(=O)C2CCN([C@H]3CCN(Cc4cc5ccccc(=O)c5[nH]4)C3=O)CC2)cc1. The highest BCUT2D eigenvalue weighted by Gasteiger charge is 2.38. The second kappa shape index (κ2) is 9.43. The quantitative estimate of drug-likeness (QED) is 0.573. The van der Waals surface area contributed by atoms with E-state index in [1.54, 1.807) is 19.2 Å². The van der Waals surface area contributed by atoms with Crippen LogP contribution in [0.3, 0.4) is 0 Å². The zero-order valence-corrected chi connectivity index (χ0v) is 19.3. The van der Waals surface area contributed by atoms with Gasteiger partial charge in [-0.25, -0.2) is 0 Å². The summed E-state index contributed by atoms with van der Waals surface area (Å²) < 4.78 is 5.18. The Morgan fingerprint density at radius 1 is 1.00 bits per heavy atom. The molecule has 3 heterocycles. The van der Waals surface area contributed by atoms with Crippen molar-refractivity contribution < 1.29 is 14.3 Å². The summed E-state index contributed by atoms with van der Waals surface area (Å²) in [5.41, 5.74) is 2.11. The number of ketones is 1. The number of carbonyl (C=O) groups excluding carboxylic acids is 2. The summed E-state index contributed by atoms with van der Waals surface area (Å²) in [6, 6.07) is 16.1. The lowest BCUT2D eigenvalue weighted by atomic mass is 9.88. The molecule has 0 bridgehead atoms. The van der Waals surface area contributed by atoms with Crippen LogP contribution in [-0.2, 0) is 11.3 Å². The first-order chi connectivity index (χ1) is 16.5. The lowest BCUT2D eigenvalue weighted by Crippen LogP contribution is -2.46. The van der Waals surface area contributed by atoms with Crippen LogP contribution in [0.15, 0.2) is 59.4 Å². The fraction of sp³-hybridized carbons (Fsp3) is 0.370. The molecule has 1 N–H and O–H groups in total. The van der Waals surface area contributed by atoms with Crippen LogP contribution in [0.25, 0.3) is 10.9 Å². The minimum absolute atomic E-state index is 0.00813. The number of aromatic amines is 1. The van der Waals surface area contributed by atoms with Gasteiger partial charge in [-0.05, 0) is 68.8 Å². The van der Waals surface area contributed by atoms with Crippen LogP contribution in [0.1, 0.15) is 35.3 Å². The number of hydrogen-bond donors (Lipinski definition) is 1. The molecule has 3 aromatic rings. The van der Waals surface area contributed by atoms with E-state index in [0.717, 1.165) is 54.7 Å². The summed E-state index contributed by atoms with van der Waals surface area (Å²) in [5.74, 6) is 1.04. The van der Waals surface area contributed by atoms with Gasteiger partial charge in [0.25, 0.3) is 0 Å². The van der Waals surface area contributed by atoms with E-state index < -0.39 is 0 Å². The van der Waals surface area contributed by atoms with Crippen molar-refractivity contribution in [3.8, 4) is 5.75 Å². The number of hydrogen-bond acceptors (Lipinski definition) is 5. The first kappa shape index (κ1) is 22.3. The number of Topliss-reactive ketones (excluding diaryl/α,β-unsaturated/α-hetero) is 1. The van der Waals surface area contributed by atoms with Gasteiger partial charge in [0.1, 0.15) is 5.75 Å². The van der Waals surface area contributed by atoms with Gasteiger partial charge in [0.15, 0.2) is 5.78 Å². The molecule has 34 heavy (non-hydrogen) atoms. The van der Waals surface area contributed by atoms with Crippen molar-refractivity contribution in [2.75, 3.05) is 26.7 Å². The molecule has 7 heteroatoms. The molecule has 0 aliphatic carbocycles. The smallest absolute Gasteiger partial charge is 0.240 e. The van der Waals surface area contributed by atoms with Crippen molar-refractivity contribution in [1.29, 1.82) is 0 Å². The number of H-pyrrole nitrogens is 1. The number of benzene rings is 1. The molecule has 1 aromatic heterocycles. The third-order valence-electron chi connectivity index (χ3n) is 7.13. The summed E-state index contributed by atoms with van der Waals surface area (Å²) in [4.78, 5) is 45.6. The number of methoxy groups -OCH3 is 1. The van der Waals surface area contributed by atoms with E-state index in [9.17, 15) is 14.4 Å². The van der Waals surface area contributed by atoms with Crippen LogP contribution in [0.5, 0.6) is 5.75 Å². The molecule has 1 amide bonds. The fourth-order valence-corrected chi connectivity index (χ4v) is 5.22. The van der Waals surface area contributed by atoms with Crippen molar-refractivity contribution in [2.24, 2.45) is 5.92 Å². The minimum atomic E-state index is -0.130. The van der Waals surface area contributed by atoms with E-state index in [4.69, 9.17) is 4.74 Å². The Balaban J connectivity index is 1.19. The van der Waals surface area contributed by atoms with E-state index in [-0.39, 0.29) is 29.1 Å². The maximum Gasteiger partial charge on any atom is 0.240 e. The summed E-state index contributed by atoms with van der Waals surface area (Å²) in [5, 5.41) is 0.858. The molecule has 0 spiro atoms. The molecule has 7 nitrogen and oxygen atoms in total. The van der Waals surface area contributed by atoms with E-state index >= 15 is 0 Å². The number of ether oxygens (including phenoxy) is 1. The average Bonchev–Trinajstić information content (AvgIpc) is 3.39. The van der Waals surface area contributed by atoms with Crippen LogP contribution >= 0.6 is 0 Å². The molecular formula is C27H29N3O4. The number of fused-ring (bicyclic) bond motifs is 1. The standard InChI is InChI=1S/C27H29N3O4/c1-34-22-8-6-18(7-9-22)26(32)19-10-13-29(14-11-19)23-12-15-30(27(23)33)17-21-16-20-4-2-3-5-24(31)25(20)28-21/h2-9,16,19,23,28H,10-15,17H2,1H3/t23-/m0/s1. The normalized spacial score (nSPS) is 19.6. The summed E-state index contributed by atoms with van der Waals surface area (Å²) in [6.45, 7) is 2.67. The Bertz CT molecular complexity index is 1260. The molecule has 2 aliphatic heterocycles. The maximum atomic E-state index is 13.2. The first-order valence-electron chi connectivity index (χ1n) is 11.9. The lowest BCUT2D eigenvalue weighted by molar-refractivity contribution is -0.133. The highest BCUT2D eigenvalue weighted by Crippen LogP contribution is 2.28. The molecule has 2 fully saturated rings. The second-order valence-electron chi connectivity index (χ2n) is 9.17. The highest BCUT2D eigenvalue weighted by atomic mass is 16.5. The van der Waals surface area contributed by atoms with Gasteiger partial charge >= 0.3 is 0 Å². The zero-order chi connectivity index (χ0) is 23.7. The minimum Gasteiger partial charge on any atom is -0.497 e. The van der Waals surface area contributed by atoms with Gasteiger partial charge in [0, 0.05) is 29.1 Å². The van der Waals surface area contributed by atoms with Crippen LogP contribution in [-0.4, -0.2) is 59.3 Å². The number of aromatic nitrogens is 1. The van der Waals surface area contributed by atoms with Gasteiger partial charge in [-0.1, -0.05) is 18.2 Å². The number of likely N-dealkylation sites (tertiary alicyclic amines) is 2. The van der Waals surface area contributed by atoms with Gasteiger partial charge in [0.2, 0.25) is 11.3 Å². The van der Waals surface area contributed by atoms with Crippen LogP contribution in [0, 0.1) is 5.92 Å². The van der Waals surface area contributed by atoms with E-state index in [1.807, 2.05) is 47.4 Å². The zero-order valence-electron chi connectivity index (χ0n) is 19.3. The second-order valence-corrected chi connectivity index (χ2v) is 9.17. The fourth-order valence-electron chi connectivity index (χ4n) is 5.22. The lowest BCUT2D eigenvalue weighted by Gasteiger charge is -2.34. The molecule has 2 aromatic carbocycles. The number of amides is 1. The predicted octanol–water partition coefficient (Wildman–Crippen LogP) is 3.23. The number of nitrogens with zero attached hydrogens (tertiary/aromatic N) is 2. The van der Waals surface area contributed by atoms with Crippen molar-refractivity contribution in [2.45, 2.75) is 31.8 Å². The van der Waals surface area contributed by atoms with E-state index in [2.05, 4.69) is 9.88 Å². The average molecular weight is 460 g/mol. The Kier molecular flexibility index (Phi) is 6.20. The largest absolute Gasteiger partial charge is 0.497 e. The predicted molar refractivity (Wildman–Crippen MR) is 130 cm³/mol. The van der Waals surface area contributed by atoms with Crippen molar-refractivity contribution >= 4 is 22.6 Å². The van der Waals surface area contributed by atoms with Crippen molar-refractivity contribution in [3.63, 3.8) is 0 Å². The number of nitrogens with one attached hydrogen (secondary N) is 1. The summed E-state index contributed by atoms with van der Waals surface area (Å²) in [7, 11) is 1.61. The Morgan fingerprint density at radius 3 is 2.47 bits per heavy atom. The van der Waals surface area contributed by atoms with Gasteiger partial charge < -0.3 is 14.6 Å².